The number of nitrogens with two attached hydrogens (primary N) is 1. The van der Waals surface area contributed by atoms with Gasteiger partial charge in [-0.15, -0.1) is 0 Å². The monoisotopic (exact) mass is 451 g/mol. The molecule has 1 aromatic rings. The molecule has 9 nitrogen and oxygen atoms in total. The van der Waals surface area contributed by atoms with Crippen LogP contribution in [0.25, 0.3) is 0 Å². The number of carbonyl (C=O) groups excluding carboxylic acids is 4. The number of esters is 4. The van der Waals surface area contributed by atoms with E-state index in [-0.39, 0.29) is 36.7 Å². The van der Waals surface area contributed by atoms with Crippen molar-refractivity contribution in [2.45, 2.75) is 85.0 Å². The Hall–Kier alpha value is -2.94. The average molecular weight is 452 g/mol. The minimum Gasteiger partial charge on any atom is -0.459 e. The second-order valence-corrected chi connectivity index (χ2v) is 7.33. The summed E-state index contributed by atoms with van der Waals surface area (Å²) in [7, 11) is 0. The molecule has 178 valence electrons. The van der Waals surface area contributed by atoms with E-state index in [0.717, 1.165) is 0 Å². The van der Waals surface area contributed by atoms with Crippen LogP contribution in [0.3, 0.4) is 0 Å². The van der Waals surface area contributed by atoms with Crippen molar-refractivity contribution in [1.82, 2.24) is 0 Å². The third-order valence-corrected chi connectivity index (χ3v) is 4.53. The van der Waals surface area contributed by atoms with Crippen LogP contribution >= 0.6 is 0 Å². The van der Waals surface area contributed by atoms with Crippen LogP contribution in [0.2, 0.25) is 0 Å². The fourth-order valence-corrected chi connectivity index (χ4v) is 2.50. The molecular weight excluding hydrogens is 418 g/mol. The normalized spacial score (nSPS) is 13.4. The summed E-state index contributed by atoms with van der Waals surface area (Å²) in [6.07, 6.45) is 0.0494. The second kappa shape index (κ2) is 13.5. The van der Waals surface area contributed by atoms with Crippen molar-refractivity contribution >= 4 is 23.9 Å². The van der Waals surface area contributed by atoms with E-state index in [2.05, 4.69) is 0 Å². The number of hydrogen-bond donors (Lipinski definition) is 1. The van der Waals surface area contributed by atoms with Crippen molar-refractivity contribution in [3.05, 3.63) is 23.8 Å². The molecule has 32 heavy (non-hydrogen) atoms. The van der Waals surface area contributed by atoms with E-state index in [1.807, 2.05) is 6.92 Å². The van der Waals surface area contributed by atoms with Crippen molar-refractivity contribution in [3.8, 4) is 11.5 Å². The van der Waals surface area contributed by atoms with Crippen molar-refractivity contribution in [2.75, 3.05) is 0 Å². The molecule has 0 aromatic heterocycles. The maximum Gasteiger partial charge on any atom is 0.323 e. The predicted molar refractivity (Wildman–Crippen MR) is 116 cm³/mol. The first-order valence-corrected chi connectivity index (χ1v) is 10.8. The molecule has 0 spiro atoms. The maximum atomic E-state index is 12.4. The smallest absolute Gasteiger partial charge is 0.323 e. The van der Waals surface area contributed by atoms with E-state index in [1.165, 1.54) is 12.1 Å². The molecule has 9 heteroatoms. The topological polar surface area (TPSA) is 131 Å². The SMILES string of the molecule is CCCC(=O)O[C@@H](C)[C@H](C)OC(=O)[C@@H](N)Cc1ccc(OC(=O)CC)c(OC(=O)CC)c1. The molecule has 0 saturated carbocycles. The number of hydrogen-bond acceptors (Lipinski definition) is 9. The van der Waals surface area contributed by atoms with Crippen molar-refractivity contribution in [3.63, 3.8) is 0 Å². The fourth-order valence-electron chi connectivity index (χ4n) is 2.50. The lowest BCUT2D eigenvalue weighted by atomic mass is 10.1. The zero-order chi connectivity index (χ0) is 24.3. The molecule has 1 aromatic carbocycles. The van der Waals surface area contributed by atoms with Gasteiger partial charge in [0.25, 0.3) is 0 Å². The van der Waals surface area contributed by atoms with Gasteiger partial charge in [-0.1, -0.05) is 26.8 Å². The molecule has 0 saturated heterocycles. The Balaban J connectivity index is 2.83. The summed E-state index contributed by atoms with van der Waals surface area (Å²) in [6, 6.07) is 3.59. The molecule has 0 heterocycles. The highest BCUT2D eigenvalue weighted by Gasteiger charge is 2.24. The third kappa shape index (κ3) is 9.05. The largest absolute Gasteiger partial charge is 0.459 e. The quantitative estimate of drug-likeness (QED) is 0.376. The average Bonchev–Trinajstić information content (AvgIpc) is 2.75. The Bertz CT molecular complexity index is 807. The maximum absolute atomic E-state index is 12.4. The molecule has 2 N–H and O–H groups in total. The molecule has 3 atom stereocenters. The predicted octanol–water partition coefficient (Wildman–Crippen LogP) is 2.85. The Morgan fingerprint density at radius 1 is 0.844 bits per heavy atom. The van der Waals surface area contributed by atoms with E-state index >= 15 is 0 Å². The summed E-state index contributed by atoms with van der Waals surface area (Å²) in [4.78, 5) is 47.4. The molecule has 0 aliphatic rings. The first-order chi connectivity index (χ1) is 15.1. The summed E-state index contributed by atoms with van der Waals surface area (Å²) >= 11 is 0. The van der Waals surface area contributed by atoms with Gasteiger partial charge >= 0.3 is 23.9 Å². The van der Waals surface area contributed by atoms with Crippen LogP contribution in [-0.4, -0.2) is 42.1 Å². The zero-order valence-corrected chi connectivity index (χ0v) is 19.3. The van der Waals surface area contributed by atoms with E-state index in [9.17, 15) is 19.2 Å². The Morgan fingerprint density at radius 2 is 1.41 bits per heavy atom. The standard InChI is InChI=1S/C23H33NO8/c1-6-9-22(27)29-14(4)15(5)30-23(28)17(24)12-16-10-11-18(31-20(25)7-2)19(13-16)32-21(26)8-3/h10-11,13-15,17H,6-9,12,24H2,1-5H3/t14-,15-,17-/m0/s1. The van der Waals surface area contributed by atoms with Gasteiger partial charge in [-0.3, -0.25) is 19.2 Å². The lowest BCUT2D eigenvalue weighted by Gasteiger charge is -2.22. The lowest BCUT2D eigenvalue weighted by Crippen LogP contribution is -2.39. The Labute approximate surface area is 188 Å². The summed E-state index contributed by atoms with van der Waals surface area (Å²) in [6.45, 7) is 8.40. The highest BCUT2D eigenvalue weighted by molar-refractivity contribution is 5.77. The zero-order valence-electron chi connectivity index (χ0n) is 19.3. The lowest BCUT2D eigenvalue weighted by molar-refractivity contribution is -0.166. The number of ether oxygens (including phenoxy) is 4. The van der Waals surface area contributed by atoms with Gasteiger partial charge in [0.15, 0.2) is 11.5 Å². The highest BCUT2D eigenvalue weighted by Crippen LogP contribution is 2.30. The molecule has 0 amide bonds. The van der Waals surface area contributed by atoms with E-state index in [4.69, 9.17) is 24.7 Å². The van der Waals surface area contributed by atoms with E-state index < -0.39 is 36.2 Å². The van der Waals surface area contributed by atoms with Crippen LogP contribution in [0.5, 0.6) is 11.5 Å². The molecule has 0 bridgehead atoms. The summed E-state index contributed by atoms with van der Waals surface area (Å²) in [5, 5.41) is 0. The minimum atomic E-state index is -1.00. The summed E-state index contributed by atoms with van der Waals surface area (Å²) < 4.78 is 21.0. The molecule has 0 radical (unpaired) electrons. The molecule has 0 fully saturated rings. The Morgan fingerprint density at radius 3 is 1.97 bits per heavy atom. The van der Waals surface area contributed by atoms with Crippen LogP contribution in [0.4, 0.5) is 0 Å². The van der Waals surface area contributed by atoms with Gasteiger partial charge in [-0.25, -0.2) is 0 Å². The third-order valence-electron chi connectivity index (χ3n) is 4.53. The van der Waals surface area contributed by atoms with Gasteiger partial charge in [-0.2, -0.15) is 0 Å². The van der Waals surface area contributed by atoms with Crippen molar-refractivity contribution in [1.29, 1.82) is 0 Å². The highest BCUT2D eigenvalue weighted by atomic mass is 16.6. The minimum absolute atomic E-state index is 0.0709. The van der Waals surface area contributed by atoms with Crippen molar-refractivity contribution < 1.29 is 38.1 Å². The molecule has 0 unspecified atom stereocenters. The van der Waals surface area contributed by atoms with Gasteiger partial charge in [0, 0.05) is 19.3 Å². The number of benzene rings is 1. The second-order valence-electron chi connectivity index (χ2n) is 7.33. The van der Waals surface area contributed by atoms with Gasteiger partial charge in [0.05, 0.1) is 0 Å². The Kier molecular flexibility index (Phi) is 11.4. The molecule has 1 rings (SSSR count). The van der Waals surface area contributed by atoms with E-state index in [0.29, 0.717) is 18.4 Å². The van der Waals surface area contributed by atoms with Gasteiger partial charge in [-0.05, 0) is 44.4 Å². The molecule has 0 aliphatic heterocycles. The number of rotatable bonds is 12. The molecule has 0 aliphatic carbocycles. The van der Waals surface area contributed by atoms with Crippen LogP contribution in [-0.2, 0) is 35.1 Å². The molecular formula is C23H33NO8. The van der Waals surface area contributed by atoms with Crippen LogP contribution < -0.4 is 15.2 Å². The summed E-state index contributed by atoms with van der Waals surface area (Å²) in [5.41, 5.74) is 6.57. The first-order valence-electron chi connectivity index (χ1n) is 10.8. The van der Waals surface area contributed by atoms with Crippen LogP contribution in [0.1, 0.15) is 65.9 Å². The summed E-state index contributed by atoms with van der Waals surface area (Å²) in [5.74, 6) is -1.82. The van der Waals surface area contributed by atoms with Gasteiger partial charge < -0.3 is 24.7 Å². The number of carbonyl (C=O) groups is 4. The fraction of sp³-hybridized carbons (Fsp3) is 0.565. The van der Waals surface area contributed by atoms with Gasteiger partial charge in [0.2, 0.25) is 0 Å². The van der Waals surface area contributed by atoms with Gasteiger partial charge in [0.1, 0.15) is 18.2 Å². The van der Waals surface area contributed by atoms with Crippen LogP contribution in [0.15, 0.2) is 18.2 Å². The van der Waals surface area contributed by atoms with Crippen molar-refractivity contribution in [2.24, 2.45) is 5.73 Å². The van der Waals surface area contributed by atoms with Crippen LogP contribution in [0, 0.1) is 0 Å². The first kappa shape index (κ1) is 27.1. The van der Waals surface area contributed by atoms with E-state index in [1.54, 1.807) is 33.8 Å².